The van der Waals surface area contributed by atoms with Crippen molar-refractivity contribution in [1.29, 1.82) is 0 Å². The Kier molecular flexibility index (Phi) is 4.15. The van der Waals surface area contributed by atoms with E-state index in [9.17, 15) is 10.0 Å². The molecule has 1 aliphatic carbocycles. The molecule has 108 valence electrons. The maximum absolute atomic E-state index is 9.44. The average Bonchev–Trinajstić information content (AvgIpc) is 2.90. The summed E-state index contributed by atoms with van der Waals surface area (Å²) in [6.07, 6.45) is 8.31. The summed E-state index contributed by atoms with van der Waals surface area (Å²) in [6.45, 7) is 3.13. The van der Waals surface area contributed by atoms with Gasteiger partial charge in [-0.1, -0.05) is 37.1 Å². The van der Waals surface area contributed by atoms with Gasteiger partial charge >= 0.3 is 7.12 Å². The van der Waals surface area contributed by atoms with Crippen LogP contribution >= 0.6 is 0 Å². The van der Waals surface area contributed by atoms with Crippen LogP contribution in [0.2, 0.25) is 0 Å². The summed E-state index contributed by atoms with van der Waals surface area (Å²) < 4.78 is 0. The van der Waals surface area contributed by atoms with E-state index in [4.69, 9.17) is 0 Å². The minimum atomic E-state index is -1.36. The van der Waals surface area contributed by atoms with Gasteiger partial charge in [0.2, 0.25) is 0 Å². The minimum Gasteiger partial charge on any atom is -0.423 e. The van der Waals surface area contributed by atoms with E-state index >= 15 is 0 Å². The van der Waals surface area contributed by atoms with Gasteiger partial charge < -0.3 is 10.0 Å². The average molecular weight is 273 g/mol. The van der Waals surface area contributed by atoms with E-state index in [0.29, 0.717) is 10.9 Å². The lowest BCUT2D eigenvalue weighted by atomic mass is 9.75. The summed E-state index contributed by atoms with van der Waals surface area (Å²) in [7, 11) is -1.36. The molecule has 0 atom stereocenters. The van der Waals surface area contributed by atoms with Crippen molar-refractivity contribution in [2.45, 2.75) is 45.1 Å². The number of benzene rings is 1. The van der Waals surface area contributed by atoms with Crippen molar-refractivity contribution in [3.8, 4) is 0 Å². The van der Waals surface area contributed by atoms with Gasteiger partial charge in [0, 0.05) is 6.54 Å². The molecule has 0 aromatic heterocycles. The number of nitrogens with zero attached hydrogens (tertiary/aromatic N) is 1. The third kappa shape index (κ3) is 2.92. The summed E-state index contributed by atoms with van der Waals surface area (Å²) in [4.78, 5) is 2.46. The molecular weight excluding hydrogens is 249 g/mol. The summed E-state index contributed by atoms with van der Waals surface area (Å²) in [5.74, 6) is 0. The van der Waals surface area contributed by atoms with Crippen LogP contribution in [0.3, 0.4) is 0 Å². The van der Waals surface area contributed by atoms with Crippen molar-refractivity contribution in [2.75, 3.05) is 13.1 Å². The van der Waals surface area contributed by atoms with E-state index in [0.717, 1.165) is 25.2 Å². The minimum absolute atomic E-state index is 0.645. The summed E-state index contributed by atoms with van der Waals surface area (Å²) >= 11 is 0. The molecule has 0 radical (unpaired) electrons. The smallest absolute Gasteiger partial charge is 0.423 e. The monoisotopic (exact) mass is 273 g/mol. The fourth-order valence-corrected chi connectivity index (χ4v) is 3.98. The topological polar surface area (TPSA) is 43.7 Å². The Balaban J connectivity index is 1.62. The largest absolute Gasteiger partial charge is 0.488 e. The Morgan fingerprint density at radius 3 is 2.30 bits per heavy atom. The molecule has 0 unspecified atom stereocenters. The molecule has 2 fully saturated rings. The third-order valence-electron chi connectivity index (χ3n) is 5.31. The molecule has 4 heteroatoms. The molecule has 1 spiro atoms. The molecule has 0 amide bonds. The predicted octanol–water partition coefficient (Wildman–Crippen LogP) is 1.52. The molecule has 1 saturated carbocycles. The number of piperidine rings is 1. The number of rotatable bonds is 3. The standard InChI is InChI=1S/C16H24BNO2/c19-17(20)15-6-2-1-5-14(15)13-18-11-9-16(10-12-18)7-3-4-8-16/h1-2,5-6,19-20H,3-4,7-13H2. The summed E-state index contributed by atoms with van der Waals surface area (Å²) in [5, 5.41) is 18.9. The van der Waals surface area contributed by atoms with Crippen LogP contribution in [0.25, 0.3) is 0 Å². The van der Waals surface area contributed by atoms with E-state index in [1.807, 2.05) is 24.3 Å². The maximum Gasteiger partial charge on any atom is 0.488 e. The van der Waals surface area contributed by atoms with Crippen molar-refractivity contribution in [3.63, 3.8) is 0 Å². The zero-order chi connectivity index (χ0) is 14.0. The lowest BCUT2D eigenvalue weighted by molar-refractivity contribution is 0.104. The third-order valence-corrected chi connectivity index (χ3v) is 5.31. The molecular formula is C16H24BNO2. The van der Waals surface area contributed by atoms with Gasteiger partial charge in [-0.3, -0.25) is 4.90 Å². The molecule has 3 rings (SSSR count). The Morgan fingerprint density at radius 1 is 1.00 bits per heavy atom. The molecule has 1 saturated heterocycles. The van der Waals surface area contributed by atoms with Crippen molar-refractivity contribution < 1.29 is 10.0 Å². The van der Waals surface area contributed by atoms with E-state index in [1.54, 1.807) is 0 Å². The van der Waals surface area contributed by atoms with Crippen molar-refractivity contribution in [3.05, 3.63) is 29.8 Å². The normalized spacial score (nSPS) is 22.3. The number of likely N-dealkylation sites (tertiary alicyclic amines) is 1. The van der Waals surface area contributed by atoms with E-state index in [-0.39, 0.29) is 0 Å². The Hall–Kier alpha value is -0.835. The highest BCUT2D eigenvalue weighted by Gasteiger charge is 2.36. The van der Waals surface area contributed by atoms with Crippen molar-refractivity contribution >= 4 is 12.6 Å². The SMILES string of the molecule is OB(O)c1ccccc1CN1CCC2(CCCC2)CC1. The first kappa shape index (κ1) is 14.1. The highest BCUT2D eigenvalue weighted by Crippen LogP contribution is 2.46. The van der Waals surface area contributed by atoms with Crippen molar-refractivity contribution in [2.24, 2.45) is 5.41 Å². The zero-order valence-electron chi connectivity index (χ0n) is 12.1. The van der Waals surface area contributed by atoms with Crippen LogP contribution in [0.1, 0.15) is 44.1 Å². The van der Waals surface area contributed by atoms with Gasteiger partial charge in [0.1, 0.15) is 0 Å². The molecule has 1 heterocycles. The maximum atomic E-state index is 9.44. The van der Waals surface area contributed by atoms with Crippen LogP contribution in [0.15, 0.2) is 24.3 Å². The van der Waals surface area contributed by atoms with Crippen LogP contribution in [0, 0.1) is 5.41 Å². The van der Waals surface area contributed by atoms with Gasteiger partial charge in [0.25, 0.3) is 0 Å². The lowest BCUT2D eigenvalue weighted by Gasteiger charge is -2.39. The Morgan fingerprint density at radius 2 is 1.65 bits per heavy atom. The van der Waals surface area contributed by atoms with Crippen LogP contribution in [-0.4, -0.2) is 35.2 Å². The second-order valence-corrected chi connectivity index (χ2v) is 6.56. The van der Waals surface area contributed by atoms with Crippen LogP contribution in [0.5, 0.6) is 0 Å². The fraction of sp³-hybridized carbons (Fsp3) is 0.625. The van der Waals surface area contributed by atoms with Crippen LogP contribution in [-0.2, 0) is 6.54 Å². The molecule has 1 aliphatic heterocycles. The Labute approximate surface area is 121 Å². The zero-order valence-corrected chi connectivity index (χ0v) is 12.1. The van der Waals surface area contributed by atoms with E-state index in [2.05, 4.69) is 4.90 Å². The number of hydrogen-bond acceptors (Lipinski definition) is 3. The molecule has 1 aromatic rings. The highest BCUT2D eigenvalue weighted by molar-refractivity contribution is 6.59. The quantitative estimate of drug-likeness (QED) is 0.821. The molecule has 0 bridgehead atoms. The van der Waals surface area contributed by atoms with Gasteiger partial charge in [0.15, 0.2) is 0 Å². The van der Waals surface area contributed by atoms with Gasteiger partial charge in [-0.2, -0.15) is 0 Å². The van der Waals surface area contributed by atoms with Crippen LogP contribution in [0.4, 0.5) is 0 Å². The first-order valence-electron chi connectivity index (χ1n) is 7.85. The summed E-state index contributed by atoms with van der Waals surface area (Å²) in [5.41, 5.74) is 2.34. The first-order valence-corrected chi connectivity index (χ1v) is 7.85. The van der Waals surface area contributed by atoms with Gasteiger partial charge in [-0.15, -0.1) is 0 Å². The summed E-state index contributed by atoms with van der Waals surface area (Å²) in [6, 6.07) is 7.66. The second-order valence-electron chi connectivity index (χ2n) is 6.56. The van der Waals surface area contributed by atoms with Gasteiger partial charge in [-0.05, 0) is 55.2 Å². The van der Waals surface area contributed by atoms with Crippen molar-refractivity contribution in [1.82, 2.24) is 4.90 Å². The Bertz CT molecular complexity index is 448. The predicted molar refractivity (Wildman–Crippen MR) is 81.7 cm³/mol. The second kappa shape index (κ2) is 5.88. The van der Waals surface area contributed by atoms with E-state index < -0.39 is 7.12 Å². The molecule has 1 aromatic carbocycles. The number of hydrogen-bond donors (Lipinski definition) is 2. The fourth-order valence-electron chi connectivity index (χ4n) is 3.98. The molecule has 2 N–H and O–H groups in total. The molecule has 2 aliphatic rings. The van der Waals surface area contributed by atoms with Gasteiger partial charge in [-0.25, -0.2) is 0 Å². The van der Waals surface area contributed by atoms with E-state index in [1.165, 1.54) is 38.5 Å². The highest BCUT2D eigenvalue weighted by atomic mass is 16.4. The van der Waals surface area contributed by atoms with Crippen LogP contribution < -0.4 is 5.46 Å². The molecule has 3 nitrogen and oxygen atoms in total. The first-order chi connectivity index (χ1) is 9.69. The lowest BCUT2D eigenvalue weighted by Crippen LogP contribution is -2.41. The molecule has 20 heavy (non-hydrogen) atoms. The van der Waals surface area contributed by atoms with Gasteiger partial charge in [0.05, 0.1) is 0 Å².